The lowest BCUT2D eigenvalue weighted by atomic mass is 9.96. The number of carbonyl (C=O) groups is 2. The first-order chi connectivity index (χ1) is 11.5. The second-order valence-electron chi connectivity index (χ2n) is 5.96. The number of carbonyl (C=O) groups excluding carboxylic acids is 2. The molecule has 2 rings (SSSR count). The van der Waals surface area contributed by atoms with Crippen LogP contribution in [0.3, 0.4) is 0 Å². The van der Waals surface area contributed by atoms with Crippen LogP contribution in [0.2, 0.25) is 0 Å². The number of rotatable bonds is 8. The van der Waals surface area contributed by atoms with E-state index in [4.69, 9.17) is 9.47 Å². The van der Waals surface area contributed by atoms with Crippen molar-refractivity contribution in [3.05, 3.63) is 18.0 Å². The van der Waals surface area contributed by atoms with Crippen molar-refractivity contribution in [2.75, 3.05) is 40.5 Å². The predicted molar refractivity (Wildman–Crippen MR) is 87.2 cm³/mol. The van der Waals surface area contributed by atoms with E-state index in [1.165, 1.54) is 6.92 Å². The molecule has 8 heteroatoms. The van der Waals surface area contributed by atoms with Crippen LogP contribution >= 0.6 is 0 Å². The van der Waals surface area contributed by atoms with Crippen LogP contribution in [0.4, 0.5) is 0 Å². The number of methoxy groups -OCH3 is 1. The molecule has 0 unspecified atom stereocenters. The lowest BCUT2D eigenvalue weighted by Gasteiger charge is -2.24. The highest BCUT2D eigenvalue weighted by Crippen LogP contribution is 2.35. The number of aromatic nitrogens is 2. The lowest BCUT2D eigenvalue weighted by molar-refractivity contribution is -0.136. The number of likely N-dealkylation sites (N-methyl/N-ethyl adjacent to an activating group) is 1. The molecule has 24 heavy (non-hydrogen) atoms. The summed E-state index contributed by atoms with van der Waals surface area (Å²) in [5.74, 6) is -0.277. The quantitative estimate of drug-likeness (QED) is 0.732. The van der Waals surface area contributed by atoms with Gasteiger partial charge < -0.3 is 19.7 Å². The lowest BCUT2D eigenvalue weighted by Crippen LogP contribution is -2.39. The monoisotopic (exact) mass is 338 g/mol. The van der Waals surface area contributed by atoms with Crippen LogP contribution < -0.4 is 5.32 Å². The minimum absolute atomic E-state index is 0.0347. The van der Waals surface area contributed by atoms with Gasteiger partial charge in [-0.25, -0.2) is 0 Å². The average Bonchev–Trinajstić information content (AvgIpc) is 3.20. The summed E-state index contributed by atoms with van der Waals surface area (Å²) < 4.78 is 12.6. The Labute approximate surface area is 142 Å². The Morgan fingerprint density at radius 3 is 3.04 bits per heavy atom. The van der Waals surface area contributed by atoms with Crippen molar-refractivity contribution in [1.82, 2.24) is 20.0 Å². The third-order valence-corrected chi connectivity index (χ3v) is 4.11. The fourth-order valence-electron chi connectivity index (χ4n) is 2.80. The van der Waals surface area contributed by atoms with Crippen molar-refractivity contribution < 1.29 is 19.1 Å². The summed E-state index contributed by atoms with van der Waals surface area (Å²) in [5.41, 5.74) is 0.914. The first-order valence-corrected chi connectivity index (χ1v) is 8.15. The van der Waals surface area contributed by atoms with E-state index < -0.39 is 0 Å². The molecule has 2 heterocycles. The van der Waals surface area contributed by atoms with Crippen molar-refractivity contribution in [3.8, 4) is 0 Å². The molecule has 1 aliphatic heterocycles. The fourth-order valence-corrected chi connectivity index (χ4v) is 2.80. The Balaban J connectivity index is 1.95. The minimum atomic E-state index is -0.267. The van der Waals surface area contributed by atoms with Crippen molar-refractivity contribution in [3.63, 3.8) is 0 Å². The number of ether oxygens (including phenoxy) is 2. The highest BCUT2D eigenvalue weighted by Gasteiger charge is 2.37. The molecule has 8 nitrogen and oxygen atoms in total. The molecule has 1 aromatic rings. The summed E-state index contributed by atoms with van der Waals surface area (Å²) in [6.07, 6.45) is 4.09. The van der Waals surface area contributed by atoms with E-state index in [-0.39, 0.29) is 23.8 Å². The van der Waals surface area contributed by atoms with Gasteiger partial charge >= 0.3 is 0 Å². The molecular formula is C16H26N4O4. The Bertz CT molecular complexity index is 560. The van der Waals surface area contributed by atoms with Crippen molar-refractivity contribution in [2.24, 2.45) is 5.92 Å². The molecule has 2 amide bonds. The predicted octanol–water partition coefficient (Wildman–Crippen LogP) is 0.202. The first kappa shape index (κ1) is 18.4. The second-order valence-corrected chi connectivity index (χ2v) is 5.96. The smallest absolute Gasteiger partial charge is 0.228 e. The van der Waals surface area contributed by atoms with Gasteiger partial charge in [0.25, 0.3) is 0 Å². The zero-order chi connectivity index (χ0) is 17.5. The maximum absolute atomic E-state index is 12.7. The topological polar surface area (TPSA) is 85.7 Å². The third kappa shape index (κ3) is 4.78. The highest BCUT2D eigenvalue weighted by molar-refractivity contribution is 5.80. The molecule has 0 saturated carbocycles. The summed E-state index contributed by atoms with van der Waals surface area (Å²) in [6.45, 7) is 4.20. The zero-order valence-electron chi connectivity index (χ0n) is 14.5. The molecule has 1 aromatic heterocycles. The van der Waals surface area contributed by atoms with Gasteiger partial charge in [0.05, 0.1) is 31.4 Å². The Kier molecular flexibility index (Phi) is 6.74. The van der Waals surface area contributed by atoms with Crippen LogP contribution in [0, 0.1) is 5.92 Å². The third-order valence-electron chi connectivity index (χ3n) is 4.11. The van der Waals surface area contributed by atoms with Gasteiger partial charge in [-0.2, -0.15) is 5.10 Å². The Hall–Kier alpha value is -1.93. The van der Waals surface area contributed by atoms with Gasteiger partial charge in [-0.15, -0.1) is 0 Å². The molecule has 134 valence electrons. The molecule has 0 aromatic carbocycles. The standard InChI is InChI=1S/C16H26N4O4/c1-12(21)17-5-6-19(2)16(22)14-4-8-24-15(14)13-10-18-20(11-13)7-9-23-3/h10-11,14-15H,4-9H2,1-3H3,(H,17,21)/t14-,15+/m0/s1. The molecule has 0 spiro atoms. The maximum atomic E-state index is 12.7. The van der Waals surface area contributed by atoms with Crippen LogP contribution in [-0.4, -0.2) is 67.0 Å². The average molecular weight is 338 g/mol. The van der Waals surface area contributed by atoms with E-state index in [2.05, 4.69) is 10.4 Å². The molecule has 0 radical (unpaired) electrons. The van der Waals surface area contributed by atoms with E-state index >= 15 is 0 Å². The van der Waals surface area contributed by atoms with Gasteiger partial charge in [0, 0.05) is 52.5 Å². The molecule has 0 aliphatic carbocycles. The Morgan fingerprint density at radius 1 is 1.54 bits per heavy atom. The molecule has 1 fully saturated rings. The van der Waals surface area contributed by atoms with Crippen molar-refractivity contribution >= 4 is 11.8 Å². The van der Waals surface area contributed by atoms with Crippen LogP contribution in [-0.2, 0) is 25.6 Å². The van der Waals surface area contributed by atoms with E-state index in [1.807, 2.05) is 6.20 Å². The van der Waals surface area contributed by atoms with Gasteiger partial charge in [-0.1, -0.05) is 0 Å². The summed E-state index contributed by atoms with van der Waals surface area (Å²) in [4.78, 5) is 25.2. The number of amides is 2. The summed E-state index contributed by atoms with van der Waals surface area (Å²) in [5, 5.41) is 6.99. The summed E-state index contributed by atoms with van der Waals surface area (Å²) in [6, 6.07) is 0. The van der Waals surface area contributed by atoms with Gasteiger partial charge in [-0.3, -0.25) is 14.3 Å². The maximum Gasteiger partial charge on any atom is 0.228 e. The number of hydrogen-bond donors (Lipinski definition) is 1. The molecule has 1 aliphatic rings. The molecule has 1 N–H and O–H groups in total. The SMILES string of the molecule is COCCn1cc([C@H]2OCC[C@@H]2C(=O)N(C)CCNC(C)=O)cn1. The number of nitrogens with zero attached hydrogens (tertiary/aromatic N) is 3. The van der Waals surface area contributed by atoms with Crippen LogP contribution in [0.25, 0.3) is 0 Å². The van der Waals surface area contributed by atoms with Crippen LogP contribution in [0.5, 0.6) is 0 Å². The zero-order valence-corrected chi connectivity index (χ0v) is 14.5. The number of nitrogens with one attached hydrogen (secondary N) is 1. The highest BCUT2D eigenvalue weighted by atomic mass is 16.5. The van der Waals surface area contributed by atoms with E-state index in [1.54, 1.807) is 29.9 Å². The summed E-state index contributed by atoms with van der Waals surface area (Å²) >= 11 is 0. The Morgan fingerprint density at radius 2 is 2.33 bits per heavy atom. The molecular weight excluding hydrogens is 312 g/mol. The van der Waals surface area contributed by atoms with Crippen molar-refractivity contribution in [1.29, 1.82) is 0 Å². The molecule has 0 bridgehead atoms. The second kappa shape index (κ2) is 8.79. The molecule has 1 saturated heterocycles. The van der Waals surface area contributed by atoms with E-state index in [9.17, 15) is 9.59 Å². The minimum Gasteiger partial charge on any atom is -0.383 e. The fraction of sp³-hybridized carbons (Fsp3) is 0.688. The normalized spacial score (nSPS) is 20.1. The largest absolute Gasteiger partial charge is 0.383 e. The molecule has 2 atom stereocenters. The van der Waals surface area contributed by atoms with Crippen molar-refractivity contribution in [2.45, 2.75) is 26.0 Å². The van der Waals surface area contributed by atoms with Gasteiger partial charge in [0.1, 0.15) is 0 Å². The van der Waals surface area contributed by atoms with Gasteiger partial charge in [0.2, 0.25) is 11.8 Å². The summed E-state index contributed by atoms with van der Waals surface area (Å²) in [7, 11) is 3.40. The van der Waals surface area contributed by atoms with Gasteiger partial charge in [0.15, 0.2) is 0 Å². The van der Waals surface area contributed by atoms with E-state index in [0.29, 0.717) is 39.3 Å². The van der Waals surface area contributed by atoms with E-state index in [0.717, 1.165) is 5.56 Å². The number of hydrogen-bond acceptors (Lipinski definition) is 5. The first-order valence-electron chi connectivity index (χ1n) is 8.15. The van der Waals surface area contributed by atoms with Gasteiger partial charge in [-0.05, 0) is 6.42 Å². The van der Waals surface area contributed by atoms with Crippen LogP contribution in [0.1, 0.15) is 25.0 Å². The van der Waals surface area contributed by atoms with Crippen LogP contribution in [0.15, 0.2) is 12.4 Å².